The molecule has 4 aromatic rings. The number of benzene rings is 2. The molecule has 194 valence electrons. The van der Waals surface area contributed by atoms with E-state index in [-0.39, 0.29) is 12.2 Å². The second-order valence-electron chi connectivity index (χ2n) is 9.75. The predicted octanol–water partition coefficient (Wildman–Crippen LogP) is 5.40. The lowest BCUT2D eigenvalue weighted by atomic mass is 9.84. The van der Waals surface area contributed by atoms with Crippen LogP contribution in [0.4, 0.5) is 5.82 Å². The molecule has 0 saturated carbocycles. The highest BCUT2D eigenvalue weighted by Crippen LogP contribution is 2.54. The van der Waals surface area contributed by atoms with Gasteiger partial charge in [0.05, 0.1) is 7.11 Å². The van der Waals surface area contributed by atoms with Gasteiger partial charge in [-0.25, -0.2) is 9.97 Å². The summed E-state index contributed by atoms with van der Waals surface area (Å²) in [6, 6.07) is 16.1. The van der Waals surface area contributed by atoms with Gasteiger partial charge in [-0.05, 0) is 90.5 Å². The van der Waals surface area contributed by atoms with E-state index in [0.717, 1.165) is 40.8 Å². The minimum atomic E-state index is -0.101. The largest absolute Gasteiger partial charge is 0.481 e. The van der Waals surface area contributed by atoms with Gasteiger partial charge in [-0.15, -0.1) is 0 Å². The number of rotatable bonds is 5. The number of aromatic nitrogens is 2. The third-order valence-electron chi connectivity index (χ3n) is 7.27. The number of methoxy groups -OCH3 is 1. The van der Waals surface area contributed by atoms with Crippen molar-refractivity contribution in [3.05, 3.63) is 105 Å². The molecule has 2 aromatic carbocycles. The second-order valence-corrected chi connectivity index (χ2v) is 9.75. The summed E-state index contributed by atoms with van der Waals surface area (Å²) in [5.41, 5.74) is 17.7. The number of fused-ring (bicyclic) bond motifs is 8. The number of aryl methyl sites for hydroxylation is 3. The van der Waals surface area contributed by atoms with E-state index in [2.05, 4.69) is 47.3 Å². The molecule has 2 unspecified atom stereocenters. The fourth-order valence-electron chi connectivity index (χ4n) is 5.38. The summed E-state index contributed by atoms with van der Waals surface area (Å²) in [6.45, 7) is 6.94. The van der Waals surface area contributed by atoms with Crippen molar-refractivity contribution in [2.45, 2.75) is 39.5 Å². The molecule has 4 heterocycles. The molecule has 0 radical (unpaired) electrons. The lowest BCUT2D eigenvalue weighted by Crippen LogP contribution is -2.10. The molecular weight excluding hydrogens is 476 g/mol. The average molecular weight is 509 g/mol. The van der Waals surface area contributed by atoms with Gasteiger partial charge in [0, 0.05) is 35.6 Å². The molecule has 2 bridgehead atoms. The number of nitrogens with one attached hydrogen (secondary N) is 1. The first-order valence-corrected chi connectivity index (χ1v) is 12.6. The van der Waals surface area contributed by atoms with Crippen molar-refractivity contribution in [1.29, 1.82) is 0 Å². The fraction of sp³-hybridized carbons (Fsp3) is 0.258. The van der Waals surface area contributed by atoms with Crippen LogP contribution in [0.25, 0.3) is 11.1 Å². The molecule has 0 amide bonds. The molecule has 7 nitrogen and oxygen atoms in total. The first kappa shape index (κ1) is 25.6. The number of nitrogen functional groups attached to an aromatic ring is 1. The molecule has 0 saturated heterocycles. The van der Waals surface area contributed by atoms with Gasteiger partial charge in [-0.3, -0.25) is 4.79 Å². The number of carbonyl (C=O) groups excluding carboxylic acids is 1. The third kappa shape index (κ3) is 4.55. The molecule has 6 rings (SSSR count). The van der Waals surface area contributed by atoms with Crippen LogP contribution in [0.2, 0.25) is 0 Å². The van der Waals surface area contributed by atoms with Crippen LogP contribution in [0.3, 0.4) is 0 Å². The van der Waals surface area contributed by atoms with Gasteiger partial charge in [0.2, 0.25) is 5.88 Å². The van der Waals surface area contributed by atoms with Crippen molar-refractivity contribution in [3.63, 3.8) is 0 Å². The van der Waals surface area contributed by atoms with Crippen molar-refractivity contribution in [3.8, 4) is 17.0 Å². The number of aldehydes is 1. The zero-order valence-electron chi connectivity index (χ0n) is 22.3. The third-order valence-corrected chi connectivity index (χ3v) is 7.27. The highest BCUT2D eigenvalue weighted by Gasteiger charge is 2.42. The zero-order chi connectivity index (χ0) is 27.0. The van der Waals surface area contributed by atoms with Crippen molar-refractivity contribution >= 4 is 12.1 Å². The summed E-state index contributed by atoms with van der Waals surface area (Å²) in [5, 5.41) is 3.10. The molecule has 0 aliphatic carbocycles. The maximum absolute atomic E-state index is 11.1. The van der Waals surface area contributed by atoms with Crippen LogP contribution in [0.15, 0.2) is 54.7 Å². The number of hydrogen-bond acceptors (Lipinski definition) is 7. The normalized spacial score (nSPS) is 16.3. The Kier molecular flexibility index (Phi) is 6.97. The number of hydrogen-bond donors (Lipinski definition) is 2. The number of pyridine rings is 2. The molecular formula is C31H32N4O3. The van der Waals surface area contributed by atoms with Crippen molar-refractivity contribution in [2.24, 2.45) is 0 Å². The van der Waals surface area contributed by atoms with Gasteiger partial charge in [0.15, 0.2) is 0 Å². The molecule has 3 N–H and O–H groups in total. The Labute approximate surface area is 223 Å². The van der Waals surface area contributed by atoms with E-state index < -0.39 is 0 Å². The number of nitrogens with two attached hydrogens (primary N) is 1. The maximum atomic E-state index is 11.1. The van der Waals surface area contributed by atoms with Crippen LogP contribution in [-0.2, 0) is 11.3 Å². The Balaban J connectivity index is 0.000000207. The van der Waals surface area contributed by atoms with E-state index in [1.807, 2.05) is 50.5 Å². The Bertz CT molecular complexity index is 1510. The van der Waals surface area contributed by atoms with Gasteiger partial charge in [0.1, 0.15) is 24.3 Å². The predicted molar refractivity (Wildman–Crippen MR) is 148 cm³/mol. The van der Waals surface area contributed by atoms with Gasteiger partial charge < -0.3 is 20.5 Å². The number of carbonyl (C=O) groups is 1. The quantitative estimate of drug-likeness (QED) is 0.348. The van der Waals surface area contributed by atoms with E-state index in [9.17, 15) is 4.79 Å². The minimum Gasteiger partial charge on any atom is -0.481 e. The van der Waals surface area contributed by atoms with E-state index in [1.54, 1.807) is 7.11 Å². The zero-order valence-corrected chi connectivity index (χ0v) is 22.3. The Morgan fingerprint density at radius 1 is 0.974 bits per heavy atom. The smallest absolute Gasteiger partial charge is 0.213 e. The van der Waals surface area contributed by atoms with E-state index >= 15 is 0 Å². The highest BCUT2D eigenvalue weighted by atomic mass is 16.5. The van der Waals surface area contributed by atoms with Gasteiger partial charge in [-0.2, -0.15) is 0 Å². The number of anilines is 1. The van der Waals surface area contributed by atoms with Gasteiger partial charge >= 0.3 is 0 Å². The lowest BCUT2D eigenvalue weighted by Gasteiger charge is -2.17. The van der Waals surface area contributed by atoms with Gasteiger partial charge in [-0.1, -0.05) is 24.3 Å². The number of ether oxygens (including phenoxy) is 2. The molecule has 2 aliphatic heterocycles. The molecule has 7 heteroatoms. The molecule has 0 spiro atoms. The standard InChI is InChI=1S/C22H17NO3.C9H15N3/c1-12-7-20(25-2)23-10-19(12)14-4-6-16-18(9-14)22-17-8-13(11-24)3-5-15(17)21(16)26-22;1-6-4-9(10)12-7(2)8(6)5-11-3/h3-11,21-22H,1-2H3;4,11H,5H2,1-3H3,(H2,10,12). The monoisotopic (exact) mass is 508 g/mol. The van der Waals surface area contributed by atoms with Crippen LogP contribution >= 0.6 is 0 Å². The Hall–Kier alpha value is -4.07. The summed E-state index contributed by atoms with van der Waals surface area (Å²) in [6.07, 6.45) is 2.60. The van der Waals surface area contributed by atoms with Crippen LogP contribution in [-0.4, -0.2) is 30.4 Å². The van der Waals surface area contributed by atoms with Crippen molar-refractivity contribution in [1.82, 2.24) is 15.3 Å². The summed E-state index contributed by atoms with van der Waals surface area (Å²) in [5.74, 6) is 1.22. The summed E-state index contributed by atoms with van der Waals surface area (Å²) in [4.78, 5) is 19.7. The first-order chi connectivity index (χ1) is 18.3. The molecule has 0 fully saturated rings. The van der Waals surface area contributed by atoms with Crippen molar-refractivity contribution < 1.29 is 14.3 Å². The average Bonchev–Trinajstić information content (AvgIpc) is 3.47. The molecule has 2 aromatic heterocycles. The van der Waals surface area contributed by atoms with E-state index in [4.69, 9.17) is 15.2 Å². The summed E-state index contributed by atoms with van der Waals surface area (Å²) < 4.78 is 11.4. The summed E-state index contributed by atoms with van der Waals surface area (Å²) in [7, 11) is 3.55. The highest BCUT2D eigenvalue weighted by molar-refractivity contribution is 5.77. The molecule has 2 atom stereocenters. The van der Waals surface area contributed by atoms with E-state index in [0.29, 0.717) is 17.3 Å². The maximum Gasteiger partial charge on any atom is 0.213 e. The SMILES string of the molecule is CNCc1c(C)cc(N)nc1C.COc1cc(C)c(-c2ccc3c(c2)C2OC3c3ccc(C=O)cc32)cn1. The molecule has 38 heavy (non-hydrogen) atoms. The van der Waals surface area contributed by atoms with Crippen LogP contribution < -0.4 is 15.8 Å². The van der Waals surface area contributed by atoms with Crippen molar-refractivity contribution in [2.75, 3.05) is 19.9 Å². The summed E-state index contributed by atoms with van der Waals surface area (Å²) >= 11 is 0. The fourth-order valence-corrected chi connectivity index (χ4v) is 5.38. The Morgan fingerprint density at radius 3 is 2.34 bits per heavy atom. The minimum absolute atomic E-state index is 0.0326. The first-order valence-electron chi connectivity index (χ1n) is 12.6. The number of nitrogens with zero attached hydrogens (tertiary/aromatic N) is 2. The van der Waals surface area contributed by atoms with Gasteiger partial charge in [0.25, 0.3) is 0 Å². The Morgan fingerprint density at radius 2 is 1.68 bits per heavy atom. The second kappa shape index (κ2) is 10.4. The lowest BCUT2D eigenvalue weighted by molar-refractivity contribution is 0.0857. The van der Waals surface area contributed by atoms with Crippen LogP contribution in [0.1, 0.15) is 67.2 Å². The van der Waals surface area contributed by atoms with Crippen LogP contribution in [0, 0.1) is 20.8 Å². The molecule has 2 aliphatic rings. The van der Waals surface area contributed by atoms with E-state index in [1.165, 1.54) is 27.8 Å². The topological polar surface area (TPSA) is 99.4 Å². The van der Waals surface area contributed by atoms with Crippen LogP contribution in [0.5, 0.6) is 5.88 Å².